The van der Waals surface area contributed by atoms with Crippen LogP contribution >= 0.6 is 11.3 Å². The molecule has 2 bridgehead atoms. The van der Waals surface area contributed by atoms with Crippen molar-refractivity contribution in [1.82, 2.24) is 25.2 Å². The third-order valence-corrected chi connectivity index (χ3v) is 9.88. The quantitative estimate of drug-likeness (QED) is 0.265. The molecule has 8 nitrogen and oxygen atoms in total. The maximum atomic E-state index is 16.7. The van der Waals surface area contributed by atoms with Gasteiger partial charge in [-0.25, -0.2) is 13.8 Å². The number of benzene rings is 2. The molecule has 44 heavy (non-hydrogen) atoms. The van der Waals surface area contributed by atoms with Crippen LogP contribution in [0.15, 0.2) is 18.2 Å². The highest BCUT2D eigenvalue weighted by atomic mass is 32.1. The number of nitrogen functional groups attached to an aromatic ring is 1. The summed E-state index contributed by atoms with van der Waals surface area (Å²) in [6.07, 6.45) is -2.22. The number of likely N-dealkylation sites (tertiary alicyclic amines) is 1. The summed E-state index contributed by atoms with van der Waals surface area (Å²) >= 11 is 0.785. The Morgan fingerprint density at radius 2 is 1.82 bits per heavy atom. The molecule has 7 rings (SSSR count). The summed E-state index contributed by atoms with van der Waals surface area (Å²) in [5.74, 6) is -1.72. The average molecular weight is 634 g/mol. The number of nitrogens with one attached hydrogen (secondary N) is 1. The van der Waals surface area contributed by atoms with Crippen LogP contribution in [-0.4, -0.2) is 71.3 Å². The molecular formula is C30H32F5N7OS. The van der Waals surface area contributed by atoms with E-state index in [4.69, 9.17) is 10.5 Å². The van der Waals surface area contributed by atoms with Gasteiger partial charge in [0.1, 0.15) is 23.8 Å². The number of hydrogen-bond acceptors (Lipinski definition) is 9. The van der Waals surface area contributed by atoms with Gasteiger partial charge in [-0.05, 0) is 49.9 Å². The molecule has 0 radical (unpaired) electrons. The lowest BCUT2D eigenvalue weighted by molar-refractivity contribution is -0.137. The lowest BCUT2D eigenvalue weighted by Crippen LogP contribution is -2.51. The highest BCUT2D eigenvalue weighted by molar-refractivity contribution is 7.22. The van der Waals surface area contributed by atoms with E-state index < -0.39 is 28.9 Å². The molecule has 5 heterocycles. The van der Waals surface area contributed by atoms with E-state index in [2.05, 4.69) is 39.0 Å². The fourth-order valence-electron chi connectivity index (χ4n) is 7.17. The van der Waals surface area contributed by atoms with Gasteiger partial charge in [-0.3, -0.25) is 4.90 Å². The fourth-order valence-corrected chi connectivity index (χ4v) is 7.93. The molecule has 0 amide bonds. The van der Waals surface area contributed by atoms with E-state index in [1.165, 1.54) is 0 Å². The second-order valence-electron chi connectivity index (χ2n) is 13.0. The van der Waals surface area contributed by atoms with Gasteiger partial charge >= 0.3 is 12.2 Å². The summed E-state index contributed by atoms with van der Waals surface area (Å²) in [4.78, 5) is 17.1. The van der Waals surface area contributed by atoms with Crippen LogP contribution in [0.25, 0.3) is 32.2 Å². The summed E-state index contributed by atoms with van der Waals surface area (Å²) in [5.41, 5.74) is 3.21. The Hall–Kier alpha value is -3.36. The minimum Gasteiger partial charge on any atom is -0.462 e. The number of halogens is 5. The molecule has 3 fully saturated rings. The van der Waals surface area contributed by atoms with Gasteiger partial charge in [0.2, 0.25) is 0 Å². The van der Waals surface area contributed by atoms with Gasteiger partial charge < -0.3 is 20.7 Å². The van der Waals surface area contributed by atoms with Crippen molar-refractivity contribution in [1.29, 1.82) is 0 Å². The monoisotopic (exact) mass is 633 g/mol. The van der Waals surface area contributed by atoms with Crippen molar-refractivity contribution < 1.29 is 26.7 Å². The Balaban J connectivity index is 1.42. The first kappa shape index (κ1) is 29.4. The molecular weight excluding hydrogens is 601 g/mol. The van der Waals surface area contributed by atoms with E-state index >= 15 is 4.39 Å². The number of alkyl halides is 3. The van der Waals surface area contributed by atoms with E-state index in [0.717, 1.165) is 55.3 Å². The first-order chi connectivity index (χ1) is 20.8. The number of aromatic nitrogens is 3. The number of fused-ring (bicyclic) bond motifs is 4. The predicted octanol–water partition coefficient (Wildman–Crippen LogP) is 5.84. The lowest BCUT2D eigenvalue weighted by Gasteiger charge is -2.34. The molecule has 4 aromatic rings. The number of thiazole rings is 1. The van der Waals surface area contributed by atoms with Gasteiger partial charge in [0.25, 0.3) is 0 Å². The molecule has 2 unspecified atom stereocenters. The third-order valence-electron chi connectivity index (χ3n) is 8.99. The van der Waals surface area contributed by atoms with E-state index in [9.17, 15) is 17.6 Å². The Morgan fingerprint density at radius 3 is 2.48 bits per heavy atom. The summed E-state index contributed by atoms with van der Waals surface area (Å²) < 4.78 is 81.6. The van der Waals surface area contributed by atoms with E-state index in [-0.39, 0.29) is 73.8 Å². The number of ether oxygens (including phenoxy) is 1. The van der Waals surface area contributed by atoms with Gasteiger partial charge in [0.15, 0.2) is 10.9 Å². The number of piperazine rings is 1. The minimum absolute atomic E-state index is 0.0465. The molecule has 3 aliphatic rings. The number of hydrogen-bond donors (Lipinski definition) is 2. The normalized spacial score (nSPS) is 23.7. The molecule has 0 saturated carbocycles. The number of nitrogens with zero attached hydrogens (tertiary/aromatic N) is 5. The SMILES string of the molecule is CN1CC(C)(C)C[C@H]1COc1nc(N2CC3CCC(C2)N3)c2cc(C(F)(F)F)c(-c3ccc(F)c4sc(N)nc34)c(F)c2n1. The van der Waals surface area contributed by atoms with Gasteiger partial charge in [-0.2, -0.15) is 23.1 Å². The zero-order valence-electron chi connectivity index (χ0n) is 24.4. The molecule has 3 N–H and O–H groups in total. The van der Waals surface area contributed by atoms with Crippen molar-refractivity contribution in [2.24, 2.45) is 5.41 Å². The van der Waals surface area contributed by atoms with Crippen LogP contribution in [-0.2, 0) is 6.18 Å². The van der Waals surface area contributed by atoms with Crippen molar-refractivity contribution >= 4 is 43.4 Å². The Labute approximate surface area is 254 Å². The maximum absolute atomic E-state index is 16.7. The van der Waals surface area contributed by atoms with Gasteiger partial charge in [-0.1, -0.05) is 25.2 Å². The van der Waals surface area contributed by atoms with Crippen molar-refractivity contribution in [2.45, 2.75) is 57.4 Å². The Bertz CT molecular complexity index is 1760. The van der Waals surface area contributed by atoms with Crippen LogP contribution in [0.4, 0.5) is 32.9 Å². The second-order valence-corrected chi connectivity index (χ2v) is 14.0. The van der Waals surface area contributed by atoms with E-state index in [1.807, 2.05) is 11.9 Å². The number of anilines is 2. The van der Waals surface area contributed by atoms with Crippen LogP contribution < -0.4 is 20.7 Å². The highest BCUT2D eigenvalue weighted by Crippen LogP contribution is 2.46. The molecule has 0 spiro atoms. The van der Waals surface area contributed by atoms with Crippen LogP contribution in [0, 0.1) is 17.0 Å². The minimum atomic E-state index is -4.96. The lowest BCUT2D eigenvalue weighted by atomic mass is 9.91. The first-order valence-electron chi connectivity index (χ1n) is 14.6. The summed E-state index contributed by atoms with van der Waals surface area (Å²) in [7, 11) is 2.01. The average Bonchev–Trinajstić information content (AvgIpc) is 3.59. The maximum Gasteiger partial charge on any atom is 0.417 e. The molecule has 2 aromatic carbocycles. The molecule has 3 saturated heterocycles. The zero-order chi connectivity index (χ0) is 31.1. The molecule has 0 aliphatic carbocycles. The molecule has 2 aromatic heterocycles. The summed E-state index contributed by atoms with van der Waals surface area (Å²) in [6, 6.07) is 3.24. The van der Waals surface area contributed by atoms with Crippen LogP contribution in [0.2, 0.25) is 0 Å². The second kappa shape index (κ2) is 10.3. The van der Waals surface area contributed by atoms with Crippen LogP contribution in [0.1, 0.15) is 38.7 Å². The summed E-state index contributed by atoms with van der Waals surface area (Å²) in [6.45, 7) is 6.46. The molecule has 234 valence electrons. The van der Waals surface area contributed by atoms with E-state index in [0.29, 0.717) is 13.1 Å². The molecule has 3 atom stereocenters. The Morgan fingerprint density at radius 1 is 1.09 bits per heavy atom. The molecule has 3 aliphatic heterocycles. The highest BCUT2D eigenvalue weighted by Gasteiger charge is 2.40. The number of likely N-dealkylation sites (N-methyl/N-ethyl adjacent to an activating group) is 1. The number of nitrogens with two attached hydrogens (primary N) is 1. The summed E-state index contributed by atoms with van der Waals surface area (Å²) in [5, 5.41) is 3.39. The first-order valence-corrected chi connectivity index (χ1v) is 15.4. The third kappa shape index (κ3) is 5.10. The Kier molecular flexibility index (Phi) is 6.90. The predicted molar refractivity (Wildman–Crippen MR) is 160 cm³/mol. The number of rotatable bonds is 5. The van der Waals surface area contributed by atoms with Crippen molar-refractivity contribution in [3.05, 3.63) is 35.4 Å². The van der Waals surface area contributed by atoms with Crippen molar-refractivity contribution in [3.63, 3.8) is 0 Å². The van der Waals surface area contributed by atoms with Gasteiger partial charge in [0, 0.05) is 54.3 Å². The molecule has 14 heteroatoms. The van der Waals surface area contributed by atoms with E-state index in [1.54, 1.807) is 0 Å². The van der Waals surface area contributed by atoms with Gasteiger partial charge in [-0.15, -0.1) is 0 Å². The van der Waals surface area contributed by atoms with Crippen LogP contribution in [0.3, 0.4) is 0 Å². The van der Waals surface area contributed by atoms with Crippen molar-refractivity contribution in [3.8, 4) is 17.1 Å². The van der Waals surface area contributed by atoms with Crippen LogP contribution in [0.5, 0.6) is 6.01 Å². The van der Waals surface area contributed by atoms with Crippen molar-refractivity contribution in [2.75, 3.05) is 43.9 Å². The fraction of sp³-hybridized carbons (Fsp3) is 0.500. The largest absolute Gasteiger partial charge is 0.462 e. The van der Waals surface area contributed by atoms with Gasteiger partial charge in [0.05, 0.1) is 15.8 Å². The standard InChI is InChI=1S/C30H32F5N7OS/c1-29(2)9-16(41(3)13-29)12-43-28-39-23-18(26(40-28)42-10-14-4-5-15(11-42)37-14)8-19(30(33,34)35)21(22(23)32)17-6-7-20(31)25-24(17)38-27(36)44-25/h6-8,14-16,37H,4-5,9-13H2,1-3H3,(H2,36,38)/t14?,15?,16-/m0/s1. The zero-order valence-corrected chi connectivity index (χ0v) is 25.3. The topological polar surface area (TPSA) is 92.4 Å². The smallest absolute Gasteiger partial charge is 0.417 e.